The Morgan fingerprint density at radius 3 is 2.57 bits per heavy atom. The van der Waals surface area contributed by atoms with Crippen molar-refractivity contribution in [1.29, 1.82) is 0 Å². The molecule has 1 N–H and O–H groups in total. The number of nitrogens with zero attached hydrogens (tertiary/aromatic N) is 4. The molecule has 1 aromatic heterocycles. The first-order valence-corrected chi connectivity index (χ1v) is 11.4. The van der Waals surface area contributed by atoms with Crippen LogP contribution in [-0.4, -0.2) is 72.2 Å². The number of hydrogen-bond acceptors (Lipinski definition) is 5. The second kappa shape index (κ2) is 12.7. The highest BCUT2D eigenvalue weighted by molar-refractivity contribution is 14.0. The summed E-state index contributed by atoms with van der Waals surface area (Å²) in [5.41, 5.74) is -0.455. The molecule has 1 amide bonds. The summed E-state index contributed by atoms with van der Waals surface area (Å²) in [6.45, 7) is 14.0. The van der Waals surface area contributed by atoms with Crippen molar-refractivity contribution in [3.8, 4) is 0 Å². The molecule has 0 spiro atoms. The van der Waals surface area contributed by atoms with Gasteiger partial charge in [0.25, 0.3) is 0 Å². The molecule has 0 unspecified atom stereocenters. The highest BCUT2D eigenvalue weighted by Gasteiger charge is 2.27. The molecule has 0 bridgehead atoms. The topological polar surface area (TPSA) is 70.1 Å². The summed E-state index contributed by atoms with van der Waals surface area (Å²) in [5.74, 6) is 1.45. The number of aromatic nitrogens is 1. The van der Waals surface area contributed by atoms with Gasteiger partial charge in [0.05, 0.1) is 5.01 Å². The van der Waals surface area contributed by atoms with E-state index in [4.69, 9.17) is 4.74 Å². The van der Waals surface area contributed by atoms with E-state index in [-0.39, 0.29) is 30.1 Å². The van der Waals surface area contributed by atoms with Crippen molar-refractivity contribution in [3.05, 3.63) is 16.1 Å². The number of guanidine groups is 1. The van der Waals surface area contributed by atoms with Gasteiger partial charge in [-0.3, -0.25) is 4.99 Å². The molecule has 0 saturated carbocycles. The second-order valence-corrected chi connectivity index (χ2v) is 9.86. The van der Waals surface area contributed by atoms with Gasteiger partial charge >= 0.3 is 6.09 Å². The summed E-state index contributed by atoms with van der Waals surface area (Å²) in [7, 11) is 1.84. The zero-order chi connectivity index (χ0) is 21.4. The van der Waals surface area contributed by atoms with Gasteiger partial charge in [0, 0.05) is 57.3 Å². The fourth-order valence-electron chi connectivity index (χ4n) is 3.43. The largest absolute Gasteiger partial charge is 0.444 e. The fraction of sp³-hybridized carbons (Fsp3) is 0.762. The van der Waals surface area contributed by atoms with Gasteiger partial charge in [-0.1, -0.05) is 0 Å². The molecule has 30 heavy (non-hydrogen) atoms. The zero-order valence-electron chi connectivity index (χ0n) is 19.2. The Balaban J connectivity index is 0.00000450. The van der Waals surface area contributed by atoms with Gasteiger partial charge in [0.1, 0.15) is 5.60 Å². The van der Waals surface area contributed by atoms with Gasteiger partial charge < -0.3 is 19.9 Å². The van der Waals surface area contributed by atoms with Gasteiger partial charge in [0.15, 0.2) is 5.96 Å². The molecule has 1 aromatic rings. The van der Waals surface area contributed by atoms with Crippen molar-refractivity contribution in [1.82, 2.24) is 20.1 Å². The Kier molecular flexibility index (Phi) is 11.4. The average Bonchev–Trinajstić information content (AvgIpc) is 3.07. The third-order valence-electron chi connectivity index (χ3n) is 4.93. The molecular formula is C21H38IN5O2S. The molecule has 0 aliphatic carbocycles. The van der Waals surface area contributed by atoms with Crippen molar-refractivity contribution in [2.75, 3.05) is 39.8 Å². The third-order valence-corrected chi connectivity index (χ3v) is 5.90. The van der Waals surface area contributed by atoms with Crippen LogP contribution in [0.3, 0.4) is 0 Å². The van der Waals surface area contributed by atoms with Crippen molar-refractivity contribution >= 4 is 47.4 Å². The number of hydrogen-bond donors (Lipinski definition) is 1. The van der Waals surface area contributed by atoms with E-state index >= 15 is 0 Å². The first-order valence-electron chi connectivity index (χ1n) is 10.6. The van der Waals surface area contributed by atoms with Crippen LogP contribution in [0.5, 0.6) is 0 Å². The first-order chi connectivity index (χ1) is 13.7. The molecule has 9 heteroatoms. The van der Waals surface area contributed by atoms with Gasteiger partial charge in [-0.05, 0) is 53.4 Å². The molecule has 7 nitrogen and oxygen atoms in total. The number of nitrogens with one attached hydrogen (secondary N) is 1. The Morgan fingerprint density at radius 2 is 2.07 bits per heavy atom. The number of piperidine rings is 1. The second-order valence-electron chi connectivity index (χ2n) is 8.54. The van der Waals surface area contributed by atoms with E-state index in [2.05, 4.69) is 27.1 Å². The van der Waals surface area contributed by atoms with Crippen molar-refractivity contribution < 1.29 is 9.53 Å². The van der Waals surface area contributed by atoms with E-state index in [0.717, 1.165) is 56.4 Å². The Bertz CT molecular complexity index is 681. The lowest BCUT2D eigenvalue weighted by Gasteiger charge is -2.36. The number of aryl methyl sites for hydroxylation is 1. The number of rotatable bonds is 6. The minimum atomic E-state index is -0.455. The lowest BCUT2D eigenvalue weighted by molar-refractivity contribution is 0.0214. The Morgan fingerprint density at radius 1 is 1.40 bits per heavy atom. The first kappa shape index (κ1) is 26.9. The summed E-state index contributed by atoms with van der Waals surface area (Å²) in [4.78, 5) is 26.6. The number of aliphatic imine (C=N–C) groups is 1. The van der Waals surface area contributed by atoms with Crippen LogP contribution < -0.4 is 5.32 Å². The van der Waals surface area contributed by atoms with E-state index in [1.165, 1.54) is 4.88 Å². The maximum atomic E-state index is 12.4. The van der Waals surface area contributed by atoms with Crippen LogP contribution in [0.4, 0.5) is 4.79 Å². The minimum absolute atomic E-state index is 0. The third kappa shape index (κ3) is 8.95. The predicted molar refractivity (Wildman–Crippen MR) is 135 cm³/mol. The van der Waals surface area contributed by atoms with Crippen LogP contribution in [0.1, 0.15) is 50.4 Å². The zero-order valence-corrected chi connectivity index (χ0v) is 22.4. The van der Waals surface area contributed by atoms with Crippen LogP contribution in [-0.2, 0) is 11.2 Å². The van der Waals surface area contributed by atoms with Gasteiger partial charge in [0.2, 0.25) is 0 Å². The molecule has 2 rings (SSSR count). The molecule has 0 atom stereocenters. The van der Waals surface area contributed by atoms with Crippen molar-refractivity contribution in [3.63, 3.8) is 0 Å². The van der Waals surface area contributed by atoms with Crippen molar-refractivity contribution in [2.24, 2.45) is 10.9 Å². The van der Waals surface area contributed by atoms with Crippen LogP contribution in [0, 0.1) is 12.8 Å². The lowest BCUT2D eigenvalue weighted by atomic mass is 9.96. The number of ether oxygens (including phenoxy) is 1. The molecule has 172 valence electrons. The fourth-order valence-corrected chi connectivity index (χ4v) is 4.22. The minimum Gasteiger partial charge on any atom is -0.444 e. The molecular weight excluding hydrogens is 513 g/mol. The number of halogens is 1. The number of thiazole rings is 1. The maximum Gasteiger partial charge on any atom is 0.410 e. The summed E-state index contributed by atoms with van der Waals surface area (Å²) in [6.07, 6.45) is 4.72. The lowest BCUT2D eigenvalue weighted by Crippen LogP contribution is -2.48. The highest BCUT2D eigenvalue weighted by Crippen LogP contribution is 2.20. The number of likely N-dealkylation sites (tertiary alicyclic amines) is 1. The smallest absolute Gasteiger partial charge is 0.410 e. The number of carbonyl (C=O) groups is 1. The quantitative estimate of drug-likeness (QED) is 0.327. The van der Waals surface area contributed by atoms with Crippen LogP contribution >= 0.6 is 35.3 Å². The van der Waals surface area contributed by atoms with Crippen molar-refractivity contribution in [2.45, 2.75) is 59.5 Å². The molecule has 1 fully saturated rings. The highest BCUT2D eigenvalue weighted by atomic mass is 127. The van der Waals surface area contributed by atoms with E-state index in [1.54, 1.807) is 11.3 Å². The average molecular weight is 552 g/mol. The monoisotopic (exact) mass is 551 g/mol. The number of carbonyl (C=O) groups excluding carboxylic acids is 1. The summed E-state index contributed by atoms with van der Waals surface area (Å²) in [5, 5.41) is 4.62. The molecule has 0 aromatic carbocycles. The molecule has 1 aliphatic heterocycles. The SMILES string of the molecule is CCN(CC1CCN(C(=NC)NCCc2ncc(C)s2)CC1)C(=O)OC(C)(C)C.I. The van der Waals surface area contributed by atoms with E-state index < -0.39 is 5.60 Å². The summed E-state index contributed by atoms with van der Waals surface area (Å²) in [6, 6.07) is 0. The Hall–Kier alpha value is -1.10. The van der Waals surface area contributed by atoms with E-state index in [9.17, 15) is 4.79 Å². The molecule has 1 aliphatic rings. The normalized spacial score (nSPS) is 15.5. The van der Waals surface area contributed by atoms with Crippen LogP contribution in [0.15, 0.2) is 11.2 Å². The Labute approximate surface area is 202 Å². The maximum absolute atomic E-state index is 12.4. The molecule has 0 radical (unpaired) electrons. The standard InChI is InChI=1S/C21H37N5O2S.HI/c1-7-25(20(27)28-21(3,4)5)15-17-9-12-26(13-10-17)19(22-6)23-11-8-18-24-14-16(2)29-18;/h14,17H,7-13,15H2,1-6H3,(H,22,23);1H. The molecule has 2 heterocycles. The van der Waals surface area contributed by atoms with Gasteiger partial charge in [-0.15, -0.1) is 35.3 Å². The van der Waals surface area contributed by atoms with Gasteiger partial charge in [-0.25, -0.2) is 9.78 Å². The van der Waals surface area contributed by atoms with E-state index in [0.29, 0.717) is 12.5 Å². The predicted octanol–water partition coefficient (Wildman–Crippen LogP) is 4.16. The molecule has 1 saturated heterocycles. The number of amides is 1. The van der Waals surface area contributed by atoms with Crippen LogP contribution in [0.25, 0.3) is 0 Å². The van der Waals surface area contributed by atoms with Gasteiger partial charge in [-0.2, -0.15) is 0 Å². The van der Waals surface area contributed by atoms with E-state index in [1.807, 2.05) is 45.8 Å². The summed E-state index contributed by atoms with van der Waals surface area (Å²) < 4.78 is 5.53. The van der Waals surface area contributed by atoms with Crippen LogP contribution in [0.2, 0.25) is 0 Å². The summed E-state index contributed by atoms with van der Waals surface area (Å²) >= 11 is 1.75.